The molecule has 0 rings (SSSR count). The van der Waals surface area contributed by atoms with Gasteiger partial charge in [-0.25, -0.2) is 9.59 Å². The average molecular weight is 344 g/mol. The van der Waals surface area contributed by atoms with E-state index < -0.39 is 36.4 Å². The van der Waals surface area contributed by atoms with E-state index in [9.17, 15) is 19.8 Å². The van der Waals surface area contributed by atoms with Gasteiger partial charge in [0.2, 0.25) is 0 Å². The SMILES string of the molecule is CCCC(OC(=O)/C=C/C(=O)OC(CCC)C(O)CC)C(O)CC. The van der Waals surface area contributed by atoms with Crippen LogP contribution in [-0.2, 0) is 19.1 Å². The first-order valence-electron chi connectivity index (χ1n) is 8.84. The third-order valence-corrected chi connectivity index (χ3v) is 3.73. The third kappa shape index (κ3) is 9.03. The predicted octanol–water partition coefficient (Wildman–Crippen LogP) is 2.51. The average Bonchev–Trinajstić information content (AvgIpc) is 2.57. The molecule has 2 N–H and O–H groups in total. The quantitative estimate of drug-likeness (QED) is 0.417. The van der Waals surface area contributed by atoms with Crippen LogP contribution in [0.5, 0.6) is 0 Å². The lowest BCUT2D eigenvalue weighted by molar-refractivity contribution is -0.152. The van der Waals surface area contributed by atoms with Crippen molar-refractivity contribution >= 4 is 11.9 Å². The molecular weight excluding hydrogens is 312 g/mol. The van der Waals surface area contributed by atoms with Crippen molar-refractivity contribution in [2.45, 2.75) is 90.6 Å². The predicted molar refractivity (Wildman–Crippen MR) is 91.3 cm³/mol. The molecule has 4 unspecified atom stereocenters. The number of aliphatic hydroxyl groups excluding tert-OH is 2. The van der Waals surface area contributed by atoms with Crippen molar-refractivity contribution in [1.82, 2.24) is 0 Å². The number of carbonyl (C=O) groups excluding carboxylic acids is 2. The van der Waals surface area contributed by atoms with Gasteiger partial charge in [-0.1, -0.05) is 40.5 Å². The van der Waals surface area contributed by atoms with Crippen molar-refractivity contribution in [3.8, 4) is 0 Å². The van der Waals surface area contributed by atoms with Gasteiger partial charge in [0.25, 0.3) is 0 Å². The Morgan fingerprint density at radius 3 is 1.38 bits per heavy atom. The molecule has 6 heteroatoms. The Hall–Kier alpha value is -1.40. The minimum absolute atomic E-state index is 0.483. The summed E-state index contributed by atoms with van der Waals surface area (Å²) in [5, 5.41) is 19.6. The van der Waals surface area contributed by atoms with Gasteiger partial charge in [0.1, 0.15) is 12.2 Å². The zero-order valence-electron chi connectivity index (χ0n) is 15.2. The van der Waals surface area contributed by atoms with Crippen molar-refractivity contribution in [3.63, 3.8) is 0 Å². The van der Waals surface area contributed by atoms with Crippen LogP contribution in [0.2, 0.25) is 0 Å². The molecule has 0 aromatic rings. The van der Waals surface area contributed by atoms with E-state index in [1.54, 1.807) is 13.8 Å². The molecule has 0 spiro atoms. The maximum absolute atomic E-state index is 11.8. The summed E-state index contributed by atoms with van der Waals surface area (Å²) in [5.41, 5.74) is 0. The van der Waals surface area contributed by atoms with Gasteiger partial charge in [-0.15, -0.1) is 0 Å². The van der Waals surface area contributed by atoms with E-state index in [4.69, 9.17) is 9.47 Å². The molecule has 0 aliphatic heterocycles. The van der Waals surface area contributed by atoms with Crippen molar-refractivity contribution in [3.05, 3.63) is 12.2 Å². The lowest BCUT2D eigenvalue weighted by Crippen LogP contribution is -2.31. The van der Waals surface area contributed by atoms with E-state index in [0.717, 1.165) is 25.0 Å². The molecule has 6 nitrogen and oxygen atoms in total. The Balaban J connectivity index is 4.57. The zero-order valence-corrected chi connectivity index (χ0v) is 15.2. The highest BCUT2D eigenvalue weighted by Gasteiger charge is 2.22. The molecular formula is C18H32O6. The molecule has 140 valence electrons. The first-order valence-corrected chi connectivity index (χ1v) is 8.84. The van der Waals surface area contributed by atoms with E-state index in [0.29, 0.717) is 25.7 Å². The number of hydrogen-bond donors (Lipinski definition) is 2. The third-order valence-electron chi connectivity index (χ3n) is 3.73. The second-order valence-corrected chi connectivity index (χ2v) is 5.81. The summed E-state index contributed by atoms with van der Waals surface area (Å²) in [5.74, 6) is -1.39. The monoisotopic (exact) mass is 344 g/mol. The van der Waals surface area contributed by atoms with Crippen LogP contribution in [0.4, 0.5) is 0 Å². The smallest absolute Gasteiger partial charge is 0.331 e. The molecule has 0 radical (unpaired) electrons. The maximum atomic E-state index is 11.8. The molecule has 0 saturated heterocycles. The Kier molecular flexibility index (Phi) is 12.2. The van der Waals surface area contributed by atoms with Crippen molar-refractivity contribution in [1.29, 1.82) is 0 Å². The summed E-state index contributed by atoms with van der Waals surface area (Å²) < 4.78 is 10.4. The Labute approximate surface area is 144 Å². The molecule has 4 atom stereocenters. The Bertz CT molecular complexity index is 357. The van der Waals surface area contributed by atoms with Crippen LogP contribution in [0.3, 0.4) is 0 Å². The van der Waals surface area contributed by atoms with Gasteiger partial charge in [0.15, 0.2) is 0 Å². The van der Waals surface area contributed by atoms with E-state index in [2.05, 4.69) is 0 Å². The zero-order chi connectivity index (χ0) is 18.5. The standard InChI is InChI=1S/C18H32O6/c1-5-9-15(13(19)7-3)23-17(21)11-12-18(22)24-16(10-6-2)14(20)8-4/h11-16,19-20H,5-10H2,1-4H3/b12-11+. The summed E-state index contributed by atoms with van der Waals surface area (Å²) in [7, 11) is 0. The fourth-order valence-corrected chi connectivity index (χ4v) is 2.27. The minimum atomic E-state index is -0.720. The fourth-order valence-electron chi connectivity index (χ4n) is 2.27. The van der Waals surface area contributed by atoms with E-state index in [1.807, 2.05) is 13.8 Å². The number of ether oxygens (including phenoxy) is 2. The summed E-state index contributed by atoms with van der Waals surface area (Å²) in [4.78, 5) is 23.6. The van der Waals surface area contributed by atoms with Crippen molar-refractivity contribution in [2.24, 2.45) is 0 Å². The number of rotatable bonds is 12. The molecule has 0 aliphatic carbocycles. The number of carbonyl (C=O) groups is 2. The van der Waals surface area contributed by atoms with E-state index in [-0.39, 0.29) is 0 Å². The van der Waals surface area contributed by atoms with Gasteiger partial charge >= 0.3 is 11.9 Å². The molecule has 0 aromatic heterocycles. The molecule has 0 aliphatic rings. The summed E-state index contributed by atoms with van der Waals surface area (Å²) >= 11 is 0. The van der Waals surface area contributed by atoms with Gasteiger partial charge in [-0.05, 0) is 25.7 Å². The van der Waals surface area contributed by atoms with Gasteiger partial charge < -0.3 is 19.7 Å². The number of esters is 2. The molecule has 0 saturated carbocycles. The number of hydrogen-bond acceptors (Lipinski definition) is 6. The molecule has 0 heterocycles. The second-order valence-electron chi connectivity index (χ2n) is 5.81. The fraction of sp³-hybridized carbons (Fsp3) is 0.778. The molecule has 24 heavy (non-hydrogen) atoms. The topological polar surface area (TPSA) is 93.1 Å². The van der Waals surface area contributed by atoms with Crippen LogP contribution in [0.15, 0.2) is 12.2 Å². The van der Waals surface area contributed by atoms with Crippen LogP contribution >= 0.6 is 0 Å². The van der Waals surface area contributed by atoms with Crippen molar-refractivity contribution < 1.29 is 29.3 Å². The van der Waals surface area contributed by atoms with Crippen LogP contribution in [0.1, 0.15) is 66.2 Å². The van der Waals surface area contributed by atoms with Crippen LogP contribution in [-0.4, -0.2) is 46.6 Å². The van der Waals surface area contributed by atoms with Gasteiger partial charge in [0.05, 0.1) is 12.2 Å². The van der Waals surface area contributed by atoms with E-state index in [1.165, 1.54) is 0 Å². The highest BCUT2D eigenvalue weighted by Crippen LogP contribution is 2.12. The van der Waals surface area contributed by atoms with Crippen LogP contribution < -0.4 is 0 Å². The summed E-state index contributed by atoms with van der Waals surface area (Å²) in [6, 6.07) is 0. The van der Waals surface area contributed by atoms with E-state index >= 15 is 0 Å². The van der Waals surface area contributed by atoms with Gasteiger partial charge in [0, 0.05) is 12.2 Å². The highest BCUT2D eigenvalue weighted by molar-refractivity contribution is 5.91. The van der Waals surface area contributed by atoms with Gasteiger partial charge in [-0.3, -0.25) is 0 Å². The largest absolute Gasteiger partial charge is 0.456 e. The molecule has 0 amide bonds. The van der Waals surface area contributed by atoms with Crippen LogP contribution in [0.25, 0.3) is 0 Å². The summed E-state index contributed by atoms with van der Waals surface area (Å²) in [6.45, 7) is 7.48. The first-order chi connectivity index (χ1) is 11.4. The Morgan fingerprint density at radius 1 is 0.792 bits per heavy atom. The molecule has 0 bridgehead atoms. The highest BCUT2D eigenvalue weighted by atomic mass is 16.6. The lowest BCUT2D eigenvalue weighted by atomic mass is 10.1. The normalized spacial score (nSPS) is 16.4. The first kappa shape index (κ1) is 22.6. The maximum Gasteiger partial charge on any atom is 0.331 e. The molecule has 0 aromatic carbocycles. The summed E-state index contributed by atoms with van der Waals surface area (Å²) in [6.07, 6.45) is 3.01. The lowest BCUT2D eigenvalue weighted by Gasteiger charge is -2.21. The van der Waals surface area contributed by atoms with Crippen molar-refractivity contribution in [2.75, 3.05) is 0 Å². The Morgan fingerprint density at radius 2 is 1.12 bits per heavy atom. The second kappa shape index (κ2) is 13.0. The van der Waals surface area contributed by atoms with Crippen LogP contribution in [0, 0.1) is 0 Å². The van der Waals surface area contributed by atoms with Gasteiger partial charge in [-0.2, -0.15) is 0 Å². The minimum Gasteiger partial charge on any atom is -0.456 e. The number of aliphatic hydroxyl groups is 2. The molecule has 0 fully saturated rings.